The van der Waals surface area contributed by atoms with Gasteiger partial charge in [-0.1, -0.05) is 25.1 Å². The van der Waals surface area contributed by atoms with Crippen molar-refractivity contribution in [1.29, 1.82) is 0 Å². The number of rotatable bonds is 7. The topological polar surface area (TPSA) is 24.5 Å². The molecular formula is C18H30N2O. The average molecular weight is 290 g/mol. The summed E-state index contributed by atoms with van der Waals surface area (Å²) in [6.07, 6.45) is 3.66. The molecule has 2 rings (SSSR count). The first kappa shape index (κ1) is 16.3. The van der Waals surface area contributed by atoms with Gasteiger partial charge in [0.25, 0.3) is 0 Å². The fourth-order valence-corrected chi connectivity index (χ4v) is 3.42. The van der Waals surface area contributed by atoms with Crippen molar-refractivity contribution in [2.45, 2.75) is 51.6 Å². The third kappa shape index (κ3) is 3.78. The van der Waals surface area contributed by atoms with Crippen LogP contribution in [-0.4, -0.2) is 43.2 Å². The zero-order chi connectivity index (χ0) is 15.3. The van der Waals surface area contributed by atoms with Crippen molar-refractivity contribution in [3.05, 3.63) is 29.8 Å². The molecule has 1 saturated heterocycles. The second kappa shape index (κ2) is 7.28. The highest BCUT2D eigenvalue weighted by molar-refractivity contribution is 5.34. The van der Waals surface area contributed by atoms with Crippen molar-refractivity contribution >= 4 is 0 Å². The Bertz CT molecular complexity index is 439. The van der Waals surface area contributed by atoms with E-state index in [0.29, 0.717) is 6.04 Å². The van der Waals surface area contributed by atoms with Gasteiger partial charge < -0.3 is 10.1 Å². The van der Waals surface area contributed by atoms with Crippen LogP contribution in [0.3, 0.4) is 0 Å². The first-order valence-electron chi connectivity index (χ1n) is 8.20. The van der Waals surface area contributed by atoms with E-state index in [2.05, 4.69) is 49.2 Å². The minimum atomic E-state index is 0.160. The van der Waals surface area contributed by atoms with E-state index in [4.69, 9.17) is 4.74 Å². The highest BCUT2D eigenvalue weighted by atomic mass is 16.5. The lowest BCUT2D eigenvalue weighted by molar-refractivity contribution is 0.107. The van der Waals surface area contributed by atoms with Crippen LogP contribution in [0.2, 0.25) is 0 Å². The quantitative estimate of drug-likeness (QED) is 0.835. The van der Waals surface area contributed by atoms with Gasteiger partial charge in [0, 0.05) is 11.6 Å². The molecule has 0 saturated carbocycles. The molecule has 3 nitrogen and oxygen atoms in total. The van der Waals surface area contributed by atoms with E-state index in [9.17, 15) is 0 Å². The SMILES string of the molecule is CCNC(Cc1ccccc1OC)C(C)(C)N1CCCC1. The number of benzene rings is 1. The number of para-hydroxylation sites is 1. The largest absolute Gasteiger partial charge is 0.496 e. The van der Waals surface area contributed by atoms with E-state index >= 15 is 0 Å². The van der Waals surface area contributed by atoms with Gasteiger partial charge in [-0.05, 0) is 64.4 Å². The van der Waals surface area contributed by atoms with Gasteiger partial charge in [0.05, 0.1) is 7.11 Å². The first-order chi connectivity index (χ1) is 10.1. The maximum absolute atomic E-state index is 5.52. The number of nitrogens with one attached hydrogen (secondary N) is 1. The van der Waals surface area contributed by atoms with Crippen molar-refractivity contribution in [2.24, 2.45) is 0 Å². The van der Waals surface area contributed by atoms with Crippen molar-refractivity contribution in [1.82, 2.24) is 10.2 Å². The van der Waals surface area contributed by atoms with Gasteiger partial charge in [-0.3, -0.25) is 4.90 Å². The number of likely N-dealkylation sites (N-methyl/N-ethyl adjacent to an activating group) is 1. The zero-order valence-corrected chi connectivity index (χ0v) is 14.0. The highest BCUT2D eigenvalue weighted by Crippen LogP contribution is 2.28. The van der Waals surface area contributed by atoms with Crippen molar-refractivity contribution in [3.63, 3.8) is 0 Å². The molecule has 1 fully saturated rings. The lowest BCUT2D eigenvalue weighted by Crippen LogP contribution is -2.57. The summed E-state index contributed by atoms with van der Waals surface area (Å²) in [5, 5.41) is 3.70. The number of hydrogen-bond donors (Lipinski definition) is 1. The molecule has 1 aliphatic heterocycles. The van der Waals surface area contributed by atoms with Crippen molar-refractivity contribution < 1.29 is 4.74 Å². The summed E-state index contributed by atoms with van der Waals surface area (Å²) in [6, 6.07) is 8.81. The molecule has 0 aliphatic carbocycles. The maximum Gasteiger partial charge on any atom is 0.122 e. The Morgan fingerprint density at radius 2 is 1.90 bits per heavy atom. The monoisotopic (exact) mass is 290 g/mol. The van der Waals surface area contributed by atoms with Gasteiger partial charge in [-0.2, -0.15) is 0 Å². The number of likely N-dealkylation sites (tertiary alicyclic amines) is 1. The van der Waals surface area contributed by atoms with Crippen molar-refractivity contribution in [3.8, 4) is 5.75 Å². The zero-order valence-electron chi connectivity index (χ0n) is 14.0. The van der Waals surface area contributed by atoms with Crippen LogP contribution in [-0.2, 0) is 6.42 Å². The Morgan fingerprint density at radius 1 is 1.24 bits per heavy atom. The number of methoxy groups -OCH3 is 1. The molecule has 1 heterocycles. The molecule has 0 aromatic heterocycles. The molecule has 0 bridgehead atoms. The van der Waals surface area contributed by atoms with Crippen molar-refractivity contribution in [2.75, 3.05) is 26.7 Å². The smallest absolute Gasteiger partial charge is 0.122 e. The van der Waals surface area contributed by atoms with Crippen LogP contribution in [0.5, 0.6) is 5.75 Å². The van der Waals surface area contributed by atoms with Crippen LogP contribution in [0.25, 0.3) is 0 Å². The van der Waals surface area contributed by atoms with Gasteiger partial charge in [-0.25, -0.2) is 0 Å². The maximum atomic E-state index is 5.52. The predicted octanol–water partition coefficient (Wildman–Crippen LogP) is 3.09. The minimum absolute atomic E-state index is 0.160. The van der Waals surface area contributed by atoms with Gasteiger partial charge in [-0.15, -0.1) is 0 Å². The molecule has 1 aromatic rings. The molecule has 0 amide bonds. The van der Waals surface area contributed by atoms with E-state index < -0.39 is 0 Å². The second-order valence-electron chi connectivity index (χ2n) is 6.47. The molecule has 0 radical (unpaired) electrons. The molecule has 1 unspecified atom stereocenters. The lowest BCUT2D eigenvalue weighted by Gasteiger charge is -2.43. The fourth-order valence-electron chi connectivity index (χ4n) is 3.42. The summed E-state index contributed by atoms with van der Waals surface area (Å²) in [5.74, 6) is 0.998. The molecule has 1 atom stereocenters. The summed E-state index contributed by atoms with van der Waals surface area (Å²) in [4.78, 5) is 2.63. The molecule has 3 heteroatoms. The third-order valence-corrected chi connectivity index (χ3v) is 4.84. The van der Waals surface area contributed by atoms with Gasteiger partial charge in [0.2, 0.25) is 0 Å². The van der Waals surface area contributed by atoms with Crippen LogP contribution in [0, 0.1) is 0 Å². The van der Waals surface area contributed by atoms with Crippen LogP contribution in [0.4, 0.5) is 0 Å². The first-order valence-corrected chi connectivity index (χ1v) is 8.20. The molecule has 1 aromatic carbocycles. The van der Waals surface area contributed by atoms with Crippen LogP contribution < -0.4 is 10.1 Å². The molecule has 21 heavy (non-hydrogen) atoms. The Morgan fingerprint density at radius 3 is 2.52 bits per heavy atom. The summed E-state index contributed by atoms with van der Waals surface area (Å²) >= 11 is 0. The van der Waals surface area contributed by atoms with E-state index in [1.807, 2.05) is 6.07 Å². The standard InChI is InChI=1S/C18H30N2O/c1-5-19-17(18(2,3)20-12-8-9-13-20)14-15-10-6-7-11-16(15)21-4/h6-7,10-11,17,19H,5,8-9,12-14H2,1-4H3. The highest BCUT2D eigenvalue weighted by Gasteiger charge is 2.36. The summed E-state index contributed by atoms with van der Waals surface area (Å²) < 4.78 is 5.52. The number of ether oxygens (including phenoxy) is 1. The van der Waals surface area contributed by atoms with Gasteiger partial charge in [0.15, 0.2) is 0 Å². The Hall–Kier alpha value is -1.06. The van der Waals surface area contributed by atoms with E-state index in [0.717, 1.165) is 18.7 Å². The number of nitrogens with zero attached hydrogens (tertiary/aromatic N) is 1. The van der Waals surface area contributed by atoms with Gasteiger partial charge >= 0.3 is 0 Å². The number of hydrogen-bond acceptors (Lipinski definition) is 3. The van der Waals surface area contributed by atoms with Crippen LogP contribution in [0.15, 0.2) is 24.3 Å². The van der Waals surface area contributed by atoms with Gasteiger partial charge in [0.1, 0.15) is 5.75 Å². The molecular weight excluding hydrogens is 260 g/mol. The molecule has 1 aliphatic rings. The minimum Gasteiger partial charge on any atom is -0.496 e. The lowest BCUT2D eigenvalue weighted by atomic mass is 9.87. The van der Waals surface area contributed by atoms with E-state index in [1.165, 1.54) is 31.5 Å². The summed E-state index contributed by atoms with van der Waals surface area (Å²) in [7, 11) is 1.76. The molecule has 0 spiro atoms. The van der Waals surface area contributed by atoms with Crippen LogP contribution in [0.1, 0.15) is 39.2 Å². The fraction of sp³-hybridized carbons (Fsp3) is 0.667. The Labute approximate surface area is 129 Å². The van der Waals surface area contributed by atoms with E-state index in [-0.39, 0.29) is 5.54 Å². The normalized spacial score (nSPS) is 17.9. The van der Waals surface area contributed by atoms with E-state index in [1.54, 1.807) is 7.11 Å². The molecule has 118 valence electrons. The Balaban J connectivity index is 2.18. The Kier molecular flexibility index (Phi) is 5.65. The second-order valence-corrected chi connectivity index (χ2v) is 6.47. The predicted molar refractivity (Wildman–Crippen MR) is 89.0 cm³/mol. The van der Waals surface area contributed by atoms with Crippen LogP contribution >= 0.6 is 0 Å². The summed E-state index contributed by atoms with van der Waals surface area (Å²) in [5.41, 5.74) is 1.45. The average Bonchev–Trinajstić information content (AvgIpc) is 3.02. The summed E-state index contributed by atoms with van der Waals surface area (Å²) in [6.45, 7) is 10.4. The molecule has 1 N–H and O–H groups in total. The third-order valence-electron chi connectivity index (χ3n) is 4.84.